The molecule has 2 heteroatoms. The van der Waals surface area contributed by atoms with Gasteiger partial charge in [0.05, 0.1) is 0 Å². The second-order valence-electron chi connectivity index (χ2n) is 1.99. The largest absolute Gasteiger partial charge is 0.299 e. The molecule has 0 aromatic heterocycles. The molecule has 0 aliphatic carbocycles. The van der Waals surface area contributed by atoms with E-state index in [1.54, 1.807) is 17.1 Å². The zero-order chi connectivity index (χ0) is 9.78. The van der Waals surface area contributed by atoms with Crippen LogP contribution in [0.25, 0.3) is 0 Å². The monoisotopic (exact) mass is 238 g/mol. The Bertz CT molecular complexity index is 257. The fourth-order valence-corrected chi connectivity index (χ4v) is 0.713. The van der Waals surface area contributed by atoms with E-state index in [1.807, 2.05) is 36.5 Å². The van der Waals surface area contributed by atoms with E-state index < -0.39 is 0 Å². The predicted molar refractivity (Wildman–Crippen MR) is 60.7 cm³/mol. The summed E-state index contributed by atoms with van der Waals surface area (Å²) in [6, 6.07) is 0. The van der Waals surface area contributed by atoms with Gasteiger partial charge in [-0.05, 0) is 11.1 Å². The maximum Gasteiger partial charge on any atom is 0.142 e. The highest BCUT2D eigenvalue weighted by atomic mass is 79.9. The molecule has 0 radical (unpaired) electrons. The van der Waals surface area contributed by atoms with E-state index in [2.05, 4.69) is 15.9 Å². The van der Waals surface area contributed by atoms with Crippen molar-refractivity contribution in [1.29, 1.82) is 0 Å². The van der Waals surface area contributed by atoms with Crippen molar-refractivity contribution in [3.05, 3.63) is 59.7 Å². The molecule has 0 bridgehead atoms. The Morgan fingerprint density at radius 3 is 1.38 bits per heavy atom. The van der Waals surface area contributed by atoms with E-state index in [0.29, 0.717) is 0 Å². The second-order valence-corrected chi connectivity index (χ2v) is 2.52. The molecule has 0 fully saturated rings. The Balaban J connectivity index is 3.68. The third kappa shape index (κ3) is 10.8. The van der Waals surface area contributed by atoms with Gasteiger partial charge in [0, 0.05) is 0 Å². The topological polar surface area (TPSA) is 17.1 Å². The third-order valence-corrected chi connectivity index (χ3v) is 1.35. The first-order chi connectivity index (χ1) is 6.41. The first-order valence-corrected chi connectivity index (χ1v) is 4.70. The quantitative estimate of drug-likeness (QED) is 0.408. The van der Waals surface area contributed by atoms with Crippen molar-refractivity contribution in [3.8, 4) is 0 Å². The Labute approximate surface area is 87.0 Å². The van der Waals surface area contributed by atoms with Gasteiger partial charge in [0.1, 0.15) is 6.29 Å². The molecule has 0 N–H and O–H groups in total. The summed E-state index contributed by atoms with van der Waals surface area (Å²) in [4.78, 5) is 11.6. The van der Waals surface area contributed by atoms with Crippen LogP contribution < -0.4 is 0 Å². The van der Waals surface area contributed by atoms with Crippen LogP contribution in [0.5, 0.6) is 0 Å². The summed E-state index contributed by atoms with van der Waals surface area (Å²) in [5.41, 5.74) is 0. The summed E-state index contributed by atoms with van der Waals surface area (Å²) in [5, 5.41) is 0. The van der Waals surface area contributed by atoms with Gasteiger partial charge < -0.3 is 0 Å². The minimum Gasteiger partial charge on any atom is -0.299 e. The van der Waals surface area contributed by atoms with Crippen LogP contribution in [-0.2, 0) is 4.79 Å². The maximum atomic E-state index is 9.85. The summed E-state index contributed by atoms with van der Waals surface area (Å²) < 4.78 is 0. The summed E-state index contributed by atoms with van der Waals surface area (Å²) in [7, 11) is 0. The standard InChI is InChI=1S/C11H11BrO/c12-10-8-6-4-2-1-3-5-7-9-11-13/h1-11H/b2-1+,5-3+,6-4+,9-7+,10-8+. The van der Waals surface area contributed by atoms with E-state index in [1.165, 1.54) is 6.08 Å². The molecule has 0 saturated carbocycles. The van der Waals surface area contributed by atoms with Gasteiger partial charge >= 0.3 is 0 Å². The first kappa shape index (κ1) is 11.8. The van der Waals surface area contributed by atoms with Gasteiger partial charge in [0.15, 0.2) is 0 Å². The average molecular weight is 239 g/mol. The van der Waals surface area contributed by atoms with Crippen LogP contribution in [0.4, 0.5) is 0 Å². The number of aldehydes is 1. The zero-order valence-corrected chi connectivity index (χ0v) is 8.72. The lowest BCUT2D eigenvalue weighted by molar-refractivity contribution is -0.104. The number of halogens is 1. The highest BCUT2D eigenvalue weighted by molar-refractivity contribution is 9.11. The second kappa shape index (κ2) is 10.8. The Hall–Kier alpha value is -1.15. The molecule has 1 nitrogen and oxygen atoms in total. The van der Waals surface area contributed by atoms with E-state index in [0.717, 1.165) is 6.29 Å². The molecule has 0 atom stereocenters. The van der Waals surface area contributed by atoms with Crippen molar-refractivity contribution in [2.24, 2.45) is 0 Å². The Morgan fingerprint density at radius 1 is 0.615 bits per heavy atom. The number of carbonyl (C=O) groups is 1. The van der Waals surface area contributed by atoms with Gasteiger partial charge in [0.25, 0.3) is 0 Å². The van der Waals surface area contributed by atoms with Crippen molar-refractivity contribution in [1.82, 2.24) is 0 Å². The van der Waals surface area contributed by atoms with Crippen molar-refractivity contribution >= 4 is 22.2 Å². The normalized spacial score (nSPS) is 13.3. The van der Waals surface area contributed by atoms with Gasteiger partial charge in [-0.3, -0.25) is 4.79 Å². The lowest BCUT2D eigenvalue weighted by Crippen LogP contribution is -1.55. The number of hydrogen-bond acceptors (Lipinski definition) is 1. The van der Waals surface area contributed by atoms with E-state index in [4.69, 9.17) is 0 Å². The fourth-order valence-electron chi connectivity index (χ4n) is 0.536. The van der Waals surface area contributed by atoms with Crippen LogP contribution in [0, 0.1) is 0 Å². The van der Waals surface area contributed by atoms with Crippen LogP contribution in [0.1, 0.15) is 0 Å². The van der Waals surface area contributed by atoms with E-state index in [9.17, 15) is 4.79 Å². The summed E-state index contributed by atoms with van der Waals surface area (Å²) in [5.74, 6) is 0. The van der Waals surface area contributed by atoms with Gasteiger partial charge in [0.2, 0.25) is 0 Å². The van der Waals surface area contributed by atoms with Crippen LogP contribution in [0.2, 0.25) is 0 Å². The highest BCUT2D eigenvalue weighted by Crippen LogP contribution is 1.85. The van der Waals surface area contributed by atoms with Gasteiger partial charge in [-0.15, -0.1) is 0 Å². The molecule has 0 amide bonds. The molecule has 0 aliphatic heterocycles. The average Bonchev–Trinajstić information content (AvgIpc) is 2.16. The van der Waals surface area contributed by atoms with E-state index in [-0.39, 0.29) is 0 Å². The number of carbonyl (C=O) groups excluding carboxylic acids is 1. The van der Waals surface area contributed by atoms with Gasteiger partial charge in [-0.1, -0.05) is 64.5 Å². The van der Waals surface area contributed by atoms with Crippen molar-refractivity contribution in [2.75, 3.05) is 0 Å². The molecule has 68 valence electrons. The zero-order valence-electron chi connectivity index (χ0n) is 7.14. The molecule has 0 heterocycles. The molecule has 0 aromatic rings. The Kier molecular flexibility index (Phi) is 9.89. The van der Waals surface area contributed by atoms with Crippen LogP contribution >= 0.6 is 15.9 Å². The van der Waals surface area contributed by atoms with Crippen LogP contribution in [0.15, 0.2) is 59.7 Å². The lowest BCUT2D eigenvalue weighted by atomic mass is 10.4. The number of hydrogen-bond donors (Lipinski definition) is 0. The predicted octanol–water partition coefficient (Wildman–Crippen LogP) is 3.32. The maximum absolute atomic E-state index is 9.85. The van der Waals surface area contributed by atoms with Crippen LogP contribution in [-0.4, -0.2) is 6.29 Å². The molecule has 0 unspecified atom stereocenters. The molecule has 0 spiro atoms. The van der Waals surface area contributed by atoms with E-state index >= 15 is 0 Å². The molecule has 0 saturated heterocycles. The molecule has 0 aliphatic rings. The fraction of sp³-hybridized carbons (Fsp3) is 0. The van der Waals surface area contributed by atoms with Crippen LogP contribution in [0.3, 0.4) is 0 Å². The smallest absolute Gasteiger partial charge is 0.142 e. The number of rotatable bonds is 5. The summed E-state index contributed by atoms with van der Waals surface area (Å²) in [6.45, 7) is 0. The van der Waals surface area contributed by atoms with Crippen molar-refractivity contribution < 1.29 is 4.79 Å². The van der Waals surface area contributed by atoms with Gasteiger partial charge in [-0.2, -0.15) is 0 Å². The first-order valence-electron chi connectivity index (χ1n) is 3.79. The third-order valence-electron chi connectivity index (χ3n) is 1.04. The van der Waals surface area contributed by atoms with Gasteiger partial charge in [-0.25, -0.2) is 0 Å². The molecular weight excluding hydrogens is 228 g/mol. The van der Waals surface area contributed by atoms with Crippen molar-refractivity contribution in [3.63, 3.8) is 0 Å². The minimum absolute atomic E-state index is 0.745. The molecule has 0 aromatic carbocycles. The van der Waals surface area contributed by atoms with Crippen molar-refractivity contribution in [2.45, 2.75) is 0 Å². The highest BCUT2D eigenvalue weighted by Gasteiger charge is 1.62. The summed E-state index contributed by atoms with van der Waals surface area (Å²) >= 11 is 3.15. The molecular formula is C11H11BrO. The number of allylic oxidation sites excluding steroid dienone is 9. The minimum atomic E-state index is 0.745. The summed E-state index contributed by atoms with van der Waals surface area (Å²) in [6.07, 6.45) is 17.0. The molecule has 13 heavy (non-hydrogen) atoms. The Morgan fingerprint density at radius 2 is 1.00 bits per heavy atom. The SMILES string of the molecule is O=C/C=C/C=C/C=C/C=C/C=C/Br. The lowest BCUT2D eigenvalue weighted by Gasteiger charge is -1.72. The molecule has 0 rings (SSSR count).